The van der Waals surface area contributed by atoms with Crippen LogP contribution in [0.5, 0.6) is 0 Å². The maximum Gasteiger partial charge on any atom is 0.267 e. The lowest BCUT2D eigenvalue weighted by Crippen LogP contribution is -2.12. The highest BCUT2D eigenvalue weighted by Crippen LogP contribution is 2.30. The van der Waals surface area contributed by atoms with Crippen molar-refractivity contribution in [1.82, 2.24) is 4.98 Å². The van der Waals surface area contributed by atoms with Gasteiger partial charge in [0.1, 0.15) is 11.6 Å². The standard InChI is InChI=1S/C15H11FN2OS/c1-9-11-4-2-3-5-12(11)20-14(9)15(19)18-13-7-6-10(16)8-17-13/h2-8H,1H3,(H,17,18,19). The molecule has 0 atom stereocenters. The van der Waals surface area contributed by atoms with E-state index in [1.165, 1.54) is 23.5 Å². The Morgan fingerprint density at radius 2 is 2.05 bits per heavy atom. The highest BCUT2D eigenvalue weighted by molar-refractivity contribution is 7.21. The molecule has 0 saturated heterocycles. The number of anilines is 1. The molecule has 0 unspecified atom stereocenters. The first-order valence-corrected chi connectivity index (χ1v) is 6.88. The van der Waals surface area contributed by atoms with Gasteiger partial charge in [-0.15, -0.1) is 11.3 Å². The molecule has 0 aliphatic carbocycles. The number of nitrogens with zero attached hydrogens (tertiary/aromatic N) is 1. The molecule has 0 saturated carbocycles. The molecule has 2 heterocycles. The summed E-state index contributed by atoms with van der Waals surface area (Å²) in [6.07, 6.45) is 1.08. The van der Waals surface area contributed by atoms with Crippen LogP contribution in [0.25, 0.3) is 10.1 Å². The number of pyridine rings is 1. The molecule has 20 heavy (non-hydrogen) atoms. The molecule has 0 spiro atoms. The number of carbonyl (C=O) groups excluding carboxylic acids is 1. The fourth-order valence-electron chi connectivity index (χ4n) is 2.01. The van der Waals surface area contributed by atoms with Gasteiger partial charge in [0.2, 0.25) is 0 Å². The first-order chi connectivity index (χ1) is 9.65. The summed E-state index contributed by atoms with van der Waals surface area (Å²) >= 11 is 1.44. The zero-order valence-electron chi connectivity index (χ0n) is 10.7. The largest absolute Gasteiger partial charge is 0.306 e. The number of benzene rings is 1. The number of fused-ring (bicyclic) bond motifs is 1. The Labute approximate surface area is 119 Å². The number of hydrogen-bond acceptors (Lipinski definition) is 3. The monoisotopic (exact) mass is 286 g/mol. The summed E-state index contributed by atoms with van der Waals surface area (Å²) < 4.78 is 13.8. The highest BCUT2D eigenvalue weighted by atomic mass is 32.1. The summed E-state index contributed by atoms with van der Waals surface area (Å²) in [5.74, 6) is -0.308. The third-order valence-electron chi connectivity index (χ3n) is 3.02. The van der Waals surface area contributed by atoms with Crippen LogP contribution in [0.4, 0.5) is 10.2 Å². The molecule has 3 rings (SSSR count). The maximum atomic E-state index is 12.8. The van der Waals surface area contributed by atoms with Crippen LogP contribution in [0.1, 0.15) is 15.2 Å². The quantitative estimate of drug-likeness (QED) is 0.773. The second kappa shape index (κ2) is 5.02. The summed E-state index contributed by atoms with van der Waals surface area (Å²) in [6.45, 7) is 1.92. The van der Waals surface area contributed by atoms with Gasteiger partial charge in [0.05, 0.1) is 11.1 Å². The number of aromatic nitrogens is 1. The Balaban J connectivity index is 1.92. The van der Waals surface area contributed by atoms with E-state index < -0.39 is 5.82 Å². The van der Waals surface area contributed by atoms with Crippen molar-refractivity contribution in [3.63, 3.8) is 0 Å². The van der Waals surface area contributed by atoms with Crippen molar-refractivity contribution in [2.45, 2.75) is 6.92 Å². The molecule has 2 aromatic heterocycles. The van der Waals surface area contributed by atoms with E-state index in [9.17, 15) is 9.18 Å². The predicted molar refractivity (Wildman–Crippen MR) is 78.7 cm³/mol. The van der Waals surface area contributed by atoms with Crippen molar-refractivity contribution in [2.24, 2.45) is 0 Å². The van der Waals surface area contributed by atoms with Gasteiger partial charge in [-0.3, -0.25) is 4.79 Å². The smallest absolute Gasteiger partial charge is 0.267 e. The fraction of sp³-hybridized carbons (Fsp3) is 0.0667. The van der Waals surface area contributed by atoms with E-state index in [-0.39, 0.29) is 5.91 Å². The molecule has 0 aliphatic heterocycles. The molecule has 0 radical (unpaired) electrons. The van der Waals surface area contributed by atoms with Gasteiger partial charge in [0.15, 0.2) is 0 Å². The van der Waals surface area contributed by atoms with Gasteiger partial charge in [0.25, 0.3) is 5.91 Å². The van der Waals surface area contributed by atoms with E-state index in [0.717, 1.165) is 21.8 Å². The van der Waals surface area contributed by atoms with Gasteiger partial charge in [-0.1, -0.05) is 18.2 Å². The van der Waals surface area contributed by atoms with Crippen LogP contribution in [0, 0.1) is 12.7 Å². The molecule has 5 heteroatoms. The van der Waals surface area contributed by atoms with Gasteiger partial charge in [-0.05, 0) is 36.1 Å². The van der Waals surface area contributed by atoms with Gasteiger partial charge in [-0.25, -0.2) is 9.37 Å². The van der Waals surface area contributed by atoms with Gasteiger partial charge >= 0.3 is 0 Å². The lowest BCUT2D eigenvalue weighted by molar-refractivity contribution is 0.102. The Kier molecular flexibility index (Phi) is 3.20. The molecule has 0 bridgehead atoms. The fourth-order valence-corrected chi connectivity index (χ4v) is 3.12. The van der Waals surface area contributed by atoms with Crippen molar-refractivity contribution in [3.05, 3.63) is 58.9 Å². The molecule has 0 fully saturated rings. The Morgan fingerprint density at radius 1 is 1.25 bits per heavy atom. The summed E-state index contributed by atoms with van der Waals surface area (Å²) in [4.78, 5) is 16.7. The van der Waals surface area contributed by atoms with E-state index in [1.807, 2.05) is 31.2 Å². The lowest BCUT2D eigenvalue weighted by atomic mass is 10.1. The normalized spacial score (nSPS) is 10.7. The molecular weight excluding hydrogens is 275 g/mol. The average molecular weight is 286 g/mol. The first kappa shape index (κ1) is 12.7. The topological polar surface area (TPSA) is 42.0 Å². The molecular formula is C15H11FN2OS. The third kappa shape index (κ3) is 2.28. The number of carbonyl (C=O) groups is 1. The lowest BCUT2D eigenvalue weighted by Gasteiger charge is -2.03. The first-order valence-electron chi connectivity index (χ1n) is 6.06. The van der Waals surface area contributed by atoms with E-state index in [2.05, 4.69) is 10.3 Å². The Hall–Kier alpha value is -2.27. The minimum Gasteiger partial charge on any atom is -0.306 e. The summed E-state index contributed by atoms with van der Waals surface area (Å²) in [6, 6.07) is 10.6. The SMILES string of the molecule is Cc1c(C(=O)Nc2ccc(F)cn2)sc2ccccc12. The second-order valence-corrected chi connectivity index (χ2v) is 5.42. The number of nitrogens with one attached hydrogen (secondary N) is 1. The molecule has 3 aromatic rings. The van der Waals surface area contributed by atoms with Crippen LogP contribution in [-0.2, 0) is 0 Å². The average Bonchev–Trinajstić information content (AvgIpc) is 2.79. The van der Waals surface area contributed by atoms with Crippen molar-refractivity contribution in [1.29, 1.82) is 0 Å². The number of aryl methyl sites for hydroxylation is 1. The van der Waals surface area contributed by atoms with E-state index in [0.29, 0.717) is 10.7 Å². The highest BCUT2D eigenvalue weighted by Gasteiger charge is 2.15. The van der Waals surface area contributed by atoms with E-state index in [1.54, 1.807) is 0 Å². The Bertz CT molecular complexity index is 780. The molecule has 0 aliphatic rings. The van der Waals surface area contributed by atoms with E-state index in [4.69, 9.17) is 0 Å². The predicted octanol–water partition coefficient (Wildman–Crippen LogP) is 4.00. The van der Waals surface area contributed by atoms with Crippen molar-refractivity contribution in [3.8, 4) is 0 Å². The van der Waals surface area contributed by atoms with Crippen LogP contribution in [0.3, 0.4) is 0 Å². The molecule has 100 valence electrons. The number of thiophene rings is 1. The number of rotatable bonds is 2. The maximum absolute atomic E-state index is 12.8. The van der Waals surface area contributed by atoms with Gasteiger partial charge < -0.3 is 5.32 Å². The van der Waals surface area contributed by atoms with Crippen LogP contribution < -0.4 is 5.32 Å². The van der Waals surface area contributed by atoms with Crippen LogP contribution in [0.15, 0.2) is 42.6 Å². The molecule has 1 amide bonds. The summed E-state index contributed by atoms with van der Waals surface area (Å²) in [5, 5.41) is 3.76. The summed E-state index contributed by atoms with van der Waals surface area (Å²) in [7, 11) is 0. The summed E-state index contributed by atoms with van der Waals surface area (Å²) in [5.41, 5.74) is 0.949. The molecule has 1 N–H and O–H groups in total. The van der Waals surface area contributed by atoms with Crippen molar-refractivity contribution in [2.75, 3.05) is 5.32 Å². The molecule has 1 aromatic carbocycles. The molecule has 3 nitrogen and oxygen atoms in total. The van der Waals surface area contributed by atoms with Crippen molar-refractivity contribution < 1.29 is 9.18 Å². The minimum atomic E-state index is -0.430. The minimum absolute atomic E-state index is 0.220. The van der Waals surface area contributed by atoms with Crippen LogP contribution in [0.2, 0.25) is 0 Å². The number of halogens is 1. The zero-order chi connectivity index (χ0) is 14.1. The Morgan fingerprint density at radius 3 is 2.75 bits per heavy atom. The van der Waals surface area contributed by atoms with Crippen molar-refractivity contribution >= 4 is 33.1 Å². The second-order valence-electron chi connectivity index (χ2n) is 4.37. The van der Waals surface area contributed by atoms with Gasteiger partial charge in [-0.2, -0.15) is 0 Å². The van der Waals surface area contributed by atoms with Gasteiger partial charge in [0, 0.05) is 4.70 Å². The van der Waals surface area contributed by atoms with Crippen LogP contribution >= 0.6 is 11.3 Å². The van der Waals surface area contributed by atoms with E-state index >= 15 is 0 Å². The number of amides is 1. The van der Waals surface area contributed by atoms with Crippen LogP contribution in [-0.4, -0.2) is 10.9 Å². The zero-order valence-corrected chi connectivity index (χ0v) is 11.5. The number of hydrogen-bond donors (Lipinski definition) is 1. The third-order valence-corrected chi connectivity index (χ3v) is 4.29.